The van der Waals surface area contributed by atoms with E-state index in [1.807, 2.05) is 24.4 Å². The molecule has 1 unspecified atom stereocenters. The average Bonchev–Trinajstić information content (AvgIpc) is 2.79. The lowest BCUT2D eigenvalue weighted by Gasteiger charge is -2.34. The van der Waals surface area contributed by atoms with Crippen molar-refractivity contribution < 1.29 is 9.47 Å². The van der Waals surface area contributed by atoms with Crippen LogP contribution in [0.15, 0.2) is 27.7 Å². The molecule has 1 aromatic rings. The van der Waals surface area contributed by atoms with Crippen molar-refractivity contribution in [2.75, 3.05) is 13.2 Å². The quantitative estimate of drug-likeness (QED) is 0.692. The zero-order valence-electron chi connectivity index (χ0n) is 9.65. The number of benzene rings is 1. The van der Waals surface area contributed by atoms with E-state index in [1.54, 1.807) is 0 Å². The van der Waals surface area contributed by atoms with Gasteiger partial charge < -0.3 is 9.47 Å². The molecule has 0 amide bonds. The molecule has 2 heterocycles. The number of fused-ring (bicyclic) bond motifs is 1. The largest absolute Gasteiger partial charge is 0.484 e. The lowest BCUT2D eigenvalue weighted by Crippen LogP contribution is -2.42. The molecule has 18 heavy (non-hydrogen) atoms. The number of hydrogen-bond acceptors (Lipinski definition) is 4. The Morgan fingerprint density at radius 1 is 1.44 bits per heavy atom. The summed E-state index contributed by atoms with van der Waals surface area (Å²) in [4.78, 5) is 3.95. The molecular weight excluding hydrogens is 296 g/mol. The smallest absolute Gasteiger partial charge is 0.205 e. The third-order valence-corrected chi connectivity index (χ3v) is 3.81. The summed E-state index contributed by atoms with van der Waals surface area (Å²) >= 11 is 3.43. The first kappa shape index (κ1) is 11.7. The van der Waals surface area contributed by atoms with E-state index in [9.17, 15) is 0 Å². The molecule has 0 N–H and O–H groups in total. The first-order valence-corrected chi connectivity index (χ1v) is 6.54. The average molecular weight is 307 g/mol. The van der Waals surface area contributed by atoms with Gasteiger partial charge in [0.1, 0.15) is 11.4 Å². The minimum absolute atomic E-state index is 0.337. The molecule has 1 aromatic carbocycles. The second kappa shape index (κ2) is 4.38. The molecule has 92 valence electrons. The van der Waals surface area contributed by atoms with Gasteiger partial charge in [0.25, 0.3) is 0 Å². The summed E-state index contributed by atoms with van der Waals surface area (Å²) in [7, 11) is 0. The van der Waals surface area contributed by atoms with Gasteiger partial charge in [-0.1, -0.05) is 15.9 Å². The van der Waals surface area contributed by atoms with E-state index < -0.39 is 0 Å². The Morgan fingerprint density at radius 2 is 2.33 bits per heavy atom. The first-order valence-electron chi connectivity index (χ1n) is 5.75. The van der Waals surface area contributed by atoms with Crippen molar-refractivity contribution in [2.45, 2.75) is 18.4 Å². The maximum atomic E-state index is 8.82. The van der Waals surface area contributed by atoms with E-state index in [0.717, 1.165) is 27.9 Å². The zero-order chi connectivity index (χ0) is 12.6. The van der Waals surface area contributed by atoms with Crippen molar-refractivity contribution in [1.29, 1.82) is 5.26 Å². The Bertz CT molecular complexity index is 557. The van der Waals surface area contributed by atoms with Gasteiger partial charge in [-0.2, -0.15) is 10.3 Å². The molecule has 2 aliphatic heterocycles. The van der Waals surface area contributed by atoms with Crippen LogP contribution in [0.25, 0.3) is 0 Å². The zero-order valence-corrected chi connectivity index (χ0v) is 11.2. The highest BCUT2D eigenvalue weighted by atomic mass is 79.9. The topological polar surface area (TPSA) is 54.6 Å². The third kappa shape index (κ3) is 1.92. The van der Waals surface area contributed by atoms with Crippen LogP contribution in [0, 0.1) is 11.5 Å². The molecule has 1 saturated heterocycles. The van der Waals surface area contributed by atoms with Gasteiger partial charge in [0.2, 0.25) is 6.19 Å². The number of ether oxygens (including phenoxy) is 2. The van der Waals surface area contributed by atoms with E-state index >= 15 is 0 Å². The van der Waals surface area contributed by atoms with Crippen LogP contribution >= 0.6 is 15.9 Å². The highest BCUT2D eigenvalue weighted by molar-refractivity contribution is 9.10. The van der Waals surface area contributed by atoms with Gasteiger partial charge in [0, 0.05) is 22.9 Å². The highest BCUT2D eigenvalue weighted by Crippen LogP contribution is 2.39. The monoisotopic (exact) mass is 306 g/mol. The van der Waals surface area contributed by atoms with Crippen molar-refractivity contribution in [3.8, 4) is 11.9 Å². The standard InChI is InChI=1S/C13H11BrN2O2/c14-9-1-2-12-10(5-9)11(16-8-15)6-13(18-12)3-4-17-7-13/h1-2,5H,3-4,6-7H2. The predicted octanol–water partition coefficient (Wildman–Crippen LogP) is 2.66. The summed E-state index contributed by atoms with van der Waals surface area (Å²) in [5.41, 5.74) is 1.34. The van der Waals surface area contributed by atoms with Gasteiger partial charge >= 0.3 is 0 Å². The van der Waals surface area contributed by atoms with Gasteiger partial charge in [-0.15, -0.1) is 0 Å². The molecule has 1 spiro atoms. The molecule has 2 aliphatic rings. The van der Waals surface area contributed by atoms with Gasteiger partial charge in [0.05, 0.1) is 18.9 Å². The van der Waals surface area contributed by atoms with Crippen LogP contribution < -0.4 is 4.74 Å². The molecule has 0 bridgehead atoms. The van der Waals surface area contributed by atoms with Crippen LogP contribution in [-0.2, 0) is 4.74 Å². The van der Waals surface area contributed by atoms with Crippen LogP contribution in [0.5, 0.6) is 5.75 Å². The van der Waals surface area contributed by atoms with Gasteiger partial charge in [-0.25, -0.2) is 0 Å². The van der Waals surface area contributed by atoms with Crippen LogP contribution in [-0.4, -0.2) is 24.5 Å². The summed E-state index contributed by atoms with van der Waals surface area (Å²) < 4.78 is 12.5. The number of hydrogen-bond donors (Lipinski definition) is 0. The minimum Gasteiger partial charge on any atom is -0.484 e. The van der Waals surface area contributed by atoms with E-state index in [1.165, 1.54) is 0 Å². The van der Waals surface area contributed by atoms with Crippen LogP contribution in [0.1, 0.15) is 18.4 Å². The number of nitriles is 1. The maximum absolute atomic E-state index is 8.82. The maximum Gasteiger partial charge on any atom is 0.205 e. The van der Waals surface area contributed by atoms with Crippen LogP contribution in [0.3, 0.4) is 0 Å². The SMILES string of the molecule is N#CN=C1CC2(CCOC2)Oc2ccc(Br)cc21. The summed E-state index contributed by atoms with van der Waals surface area (Å²) in [6, 6.07) is 5.78. The molecule has 0 saturated carbocycles. The molecule has 0 aromatic heterocycles. The minimum atomic E-state index is -0.337. The fourth-order valence-corrected chi connectivity index (χ4v) is 2.82. The normalized spacial score (nSPS) is 27.9. The summed E-state index contributed by atoms with van der Waals surface area (Å²) in [5.74, 6) is 0.781. The number of nitrogens with zero attached hydrogens (tertiary/aromatic N) is 2. The Kier molecular flexibility index (Phi) is 2.84. The van der Waals surface area contributed by atoms with E-state index in [-0.39, 0.29) is 5.60 Å². The highest BCUT2D eigenvalue weighted by Gasteiger charge is 2.42. The number of aliphatic imine (C=N–C) groups is 1. The molecule has 1 atom stereocenters. The van der Waals surface area contributed by atoms with Crippen molar-refractivity contribution in [3.05, 3.63) is 28.2 Å². The van der Waals surface area contributed by atoms with Gasteiger partial charge in [-0.3, -0.25) is 0 Å². The number of halogens is 1. The lowest BCUT2D eigenvalue weighted by atomic mass is 9.89. The van der Waals surface area contributed by atoms with Crippen molar-refractivity contribution >= 4 is 21.6 Å². The Hall–Kier alpha value is -1.38. The van der Waals surface area contributed by atoms with Crippen LogP contribution in [0.4, 0.5) is 0 Å². The van der Waals surface area contributed by atoms with Crippen LogP contribution in [0.2, 0.25) is 0 Å². The van der Waals surface area contributed by atoms with Gasteiger partial charge in [0.15, 0.2) is 0 Å². The fraction of sp³-hybridized carbons (Fsp3) is 0.385. The molecule has 0 radical (unpaired) electrons. The Labute approximate surface area is 113 Å². The summed E-state index contributed by atoms with van der Waals surface area (Å²) in [6.45, 7) is 1.26. The Balaban J connectivity index is 2.09. The van der Waals surface area contributed by atoms with Gasteiger partial charge in [-0.05, 0) is 18.2 Å². The Morgan fingerprint density at radius 3 is 3.06 bits per heavy atom. The summed E-state index contributed by atoms with van der Waals surface area (Å²) in [6.07, 6.45) is 3.35. The third-order valence-electron chi connectivity index (χ3n) is 3.32. The summed E-state index contributed by atoms with van der Waals surface area (Å²) in [5, 5.41) is 8.82. The van der Waals surface area contributed by atoms with Crippen molar-refractivity contribution in [2.24, 2.45) is 4.99 Å². The van der Waals surface area contributed by atoms with E-state index in [4.69, 9.17) is 14.7 Å². The molecule has 1 fully saturated rings. The molecular formula is C13H11BrN2O2. The molecule has 0 aliphatic carbocycles. The second-order valence-corrected chi connectivity index (χ2v) is 5.48. The molecule has 5 heteroatoms. The lowest BCUT2D eigenvalue weighted by molar-refractivity contribution is 0.0519. The predicted molar refractivity (Wildman–Crippen MR) is 69.7 cm³/mol. The van der Waals surface area contributed by atoms with E-state index in [0.29, 0.717) is 19.6 Å². The fourth-order valence-electron chi connectivity index (χ4n) is 2.45. The second-order valence-electron chi connectivity index (χ2n) is 4.56. The number of rotatable bonds is 0. The molecule has 4 nitrogen and oxygen atoms in total. The first-order chi connectivity index (χ1) is 8.72. The van der Waals surface area contributed by atoms with E-state index in [2.05, 4.69) is 20.9 Å². The molecule has 3 rings (SSSR count). The van der Waals surface area contributed by atoms with Crippen molar-refractivity contribution in [3.63, 3.8) is 0 Å². The van der Waals surface area contributed by atoms with Crippen molar-refractivity contribution in [1.82, 2.24) is 0 Å².